The van der Waals surface area contributed by atoms with E-state index < -0.39 is 11.7 Å². The van der Waals surface area contributed by atoms with Crippen molar-refractivity contribution in [2.75, 3.05) is 6.61 Å². The number of alkyl halides is 3. The molecule has 112 valence electrons. The van der Waals surface area contributed by atoms with Crippen LogP contribution in [0.25, 0.3) is 0 Å². The molecule has 0 amide bonds. The zero-order valence-electron chi connectivity index (χ0n) is 11.9. The van der Waals surface area contributed by atoms with Gasteiger partial charge in [-0.3, -0.25) is 4.79 Å². The standard InChI is InChI=1S/C15H19F3O2/c1-14(2,3)10-20-13(19)9-6-11-4-7-12(8-5-11)15(16,17)18/h4-5,7-8H,6,9-10H2,1-3H3. The first-order valence-corrected chi connectivity index (χ1v) is 6.40. The second-order valence-electron chi connectivity index (χ2n) is 5.92. The molecule has 0 unspecified atom stereocenters. The number of ether oxygens (including phenoxy) is 1. The molecule has 0 bridgehead atoms. The van der Waals surface area contributed by atoms with E-state index in [4.69, 9.17) is 4.74 Å². The van der Waals surface area contributed by atoms with Crippen molar-refractivity contribution in [3.63, 3.8) is 0 Å². The Bertz CT molecular complexity index is 442. The fraction of sp³-hybridized carbons (Fsp3) is 0.533. The molecule has 0 atom stereocenters. The molecule has 0 radical (unpaired) electrons. The van der Waals surface area contributed by atoms with E-state index in [9.17, 15) is 18.0 Å². The first kappa shape index (κ1) is 16.5. The number of halogens is 3. The van der Waals surface area contributed by atoms with Crippen LogP contribution in [-0.2, 0) is 22.1 Å². The third-order valence-corrected chi connectivity index (χ3v) is 2.57. The maximum atomic E-state index is 12.4. The van der Waals surface area contributed by atoms with Gasteiger partial charge in [-0.25, -0.2) is 0 Å². The first-order valence-electron chi connectivity index (χ1n) is 6.40. The van der Waals surface area contributed by atoms with E-state index in [1.54, 1.807) is 0 Å². The van der Waals surface area contributed by atoms with Crippen molar-refractivity contribution >= 4 is 5.97 Å². The number of hydrogen-bond donors (Lipinski definition) is 0. The second-order valence-corrected chi connectivity index (χ2v) is 5.92. The molecule has 0 saturated carbocycles. The van der Waals surface area contributed by atoms with Crippen molar-refractivity contribution in [2.45, 2.75) is 39.8 Å². The molecule has 1 rings (SSSR count). The van der Waals surface area contributed by atoms with Crippen LogP contribution in [0.3, 0.4) is 0 Å². The molecule has 2 nitrogen and oxygen atoms in total. The average Bonchev–Trinajstić information content (AvgIpc) is 2.32. The molecular formula is C15H19F3O2. The highest BCUT2D eigenvalue weighted by Crippen LogP contribution is 2.29. The predicted octanol–water partition coefficient (Wildman–Crippen LogP) is 4.23. The second kappa shape index (κ2) is 6.29. The van der Waals surface area contributed by atoms with Gasteiger partial charge in [-0.15, -0.1) is 0 Å². The largest absolute Gasteiger partial charge is 0.465 e. The molecule has 0 aliphatic heterocycles. The van der Waals surface area contributed by atoms with Gasteiger partial charge in [-0.05, 0) is 29.5 Å². The monoisotopic (exact) mass is 288 g/mol. The van der Waals surface area contributed by atoms with E-state index in [-0.39, 0.29) is 17.8 Å². The number of hydrogen-bond acceptors (Lipinski definition) is 2. The van der Waals surface area contributed by atoms with Crippen LogP contribution < -0.4 is 0 Å². The van der Waals surface area contributed by atoms with Crippen LogP contribution in [0.5, 0.6) is 0 Å². The van der Waals surface area contributed by atoms with Crippen LogP contribution in [0.2, 0.25) is 0 Å². The maximum Gasteiger partial charge on any atom is 0.416 e. The molecule has 1 aromatic carbocycles. The summed E-state index contributed by atoms with van der Waals surface area (Å²) < 4.78 is 42.2. The fourth-order valence-corrected chi connectivity index (χ4v) is 1.48. The van der Waals surface area contributed by atoms with Gasteiger partial charge < -0.3 is 4.74 Å². The Morgan fingerprint density at radius 2 is 1.65 bits per heavy atom. The molecule has 20 heavy (non-hydrogen) atoms. The molecule has 5 heteroatoms. The zero-order chi connectivity index (χ0) is 15.4. The Labute approximate surface area is 116 Å². The number of aryl methyl sites for hydroxylation is 1. The molecule has 0 aromatic heterocycles. The summed E-state index contributed by atoms with van der Waals surface area (Å²) in [7, 11) is 0. The quantitative estimate of drug-likeness (QED) is 0.775. The van der Waals surface area contributed by atoms with E-state index in [1.807, 2.05) is 20.8 Å². The van der Waals surface area contributed by atoms with Crippen molar-refractivity contribution in [2.24, 2.45) is 5.41 Å². The highest BCUT2D eigenvalue weighted by molar-refractivity contribution is 5.69. The van der Waals surface area contributed by atoms with Gasteiger partial charge in [-0.1, -0.05) is 32.9 Å². The van der Waals surface area contributed by atoms with E-state index in [2.05, 4.69) is 0 Å². The molecule has 0 N–H and O–H groups in total. The Hall–Kier alpha value is -1.52. The lowest BCUT2D eigenvalue weighted by molar-refractivity contribution is -0.146. The van der Waals surface area contributed by atoms with Crippen molar-refractivity contribution in [1.82, 2.24) is 0 Å². The summed E-state index contributed by atoms with van der Waals surface area (Å²) in [6.07, 6.45) is -3.78. The van der Waals surface area contributed by atoms with E-state index in [0.29, 0.717) is 18.6 Å². The van der Waals surface area contributed by atoms with Crippen LogP contribution in [-0.4, -0.2) is 12.6 Å². The summed E-state index contributed by atoms with van der Waals surface area (Å²) in [5.74, 6) is -0.333. The summed E-state index contributed by atoms with van der Waals surface area (Å²) in [5, 5.41) is 0. The predicted molar refractivity (Wildman–Crippen MR) is 70.2 cm³/mol. The molecule has 0 fully saturated rings. The van der Waals surface area contributed by atoms with Crippen molar-refractivity contribution < 1.29 is 22.7 Å². The molecule has 0 saturated heterocycles. The average molecular weight is 288 g/mol. The van der Waals surface area contributed by atoms with Crippen LogP contribution >= 0.6 is 0 Å². The lowest BCUT2D eigenvalue weighted by Crippen LogP contribution is -2.18. The summed E-state index contributed by atoms with van der Waals surface area (Å²) in [5.41, 5.74) is -0.0911. The molecule has 0 aliphatic carbocycles. The van der Waals surface area contributed by atoms with Crippen molar-refractivity contribution in [3.05, 3.63) is 35.4 Å². The topological polar surface area (TPSA) is 26.3 Å². The van der Waals surface area contributed by atoms with Gasteiger partial charge in [0.1, 0.15) is 0 Å². The fourth-order valence-electron chi connectivity index (χ4n) is 1.48. The lowest BCUT2D eigenvalue weighted by Gasteiger charge is -2.17. The van der Waals surface area contributed by atoms with E-state index in [0.717, 1.165) is 12.1 Å². The zero-order valence-corrected chi connectivity index (χ0v) is 11.9. The Kier molecular flexibility index (Phi) is 5.20. The molecule has 0 spiro atoms. The maximum absolute atomic E-state index is 12.4. The minimum absolute atomic E-state index is 0.0932. The molecule has 0 heterocycles. The highest BCUT2D eigenvalue weighted by Gasteiger charge is 2.29. The van der Waals surface area contributed by atoms with Crippen molar-refractivity contribution in [1.29, 1.82) is 0 Å². The number of carbonyl (C=O) groups is 1. The summed E-state index contributed by atoms with van der Waals surface area (Å²) in [6.45, 7) is 6.20. The first-order chi connectivity index (χ1) is 9.08. The van der Waals surface area contributed by atoms with E-state index >= 15 is 0 Å². The van der Waals surface area contributed by atoms with Gasteiger partial charge in [0.05, 0.1) is 12.2 Å². The normalized spacial score (nSPS) is 12.3. The smallest absolute Gasteiger partial charge is 0.416 e. The van der Waals surface area contributed by atoms with Gasteiger partial charge in [-0.2, -0.15) is 13.2 Å². The Morgan fingerprint density at radius 3 is 2.10 bits per heavy atom. The number of benzene rings is 1. The number of carbonyl (C=O) groups excluding carboxylic acids is 1. The minimum Gasteiger partial charge on any atom is -0.465 e. The third-order valence-electron chi connectivity index (χ3n) is 2.57. The SMILES string of the molecule is CC(C)(C)COC(=O)CCc1ccc(C(F)(F)F)cc1. The van der Waals surface area contributed by atoms with E-state index in [1.165, 1.54) is 12.1 Å². The minimum atomic E-state index is -4.33. The van der Waals surface area contributed by atoms with Gasteiger partial charge in [0.2, 0.25) is 0 Å². The van der Waals surface area contributed by atoms with Gasteiger partial charge in [0.15, 0.2) is 0 Å². The third kappa shape index (κ3) is 6.08. The lowest BCUT2D eigenvalue weighted by atomic mass is 9.99. The summed E-state index contributed by atoms with van der Waals surface area (Å²) >= 11 is 0. The summed E-state index contributed by atoms with van der Waals surface area (Å²) in [6, 6.07) is 4.82. The van der Waals surface area contributed by atoms with Crippen LogP contribution in [0.1, 0.15) is 38.3 Å². The molecule has 0 aliphatic rings. The van der Waals surface area contributed by atoms with Crippen molar-refractivity contribution in [3.8, 4) is 0 Å². The molecular weight excluding hydrogens is 269 g/mol. The highest BCUT2D eigenvalue weighted by atomic mass is 19.4. The number of rotatable bonds is 4. The van der Waals surface area contributed by atoms with Gasteiger partial charge >= 0.3 is 12.1 Å². The molecule has 1 aromatic rings. The van der Waals surface area contributed by atoms with Gasteiger partial charge in [0.25, 0.3) is 0 Å². The van der Waals surface area contributed by atoms with Crippen LogP contribution in [0, 0.1) is 5.41 Å². The van der Waals surface area contributed by atoms with Gasteiger partial charge in [0, 0.05) is 6.42 Å². The summed E-state index contributed by atoms with van der Waals surface area (Å²) in [4.78, 5) is 11.5. The Morgan fingerprint density at radius 1 is 1.10 bits per heavy atom. The van der Waals surface area contributed by atoms with Crippen LogP contribution in [0.4, 0.5) is 13.2 Å². The van der Waals surface area contributed by atoms with Crippen LogP contribution in [0.15, 0.2) is 24.3 Å². The Balaban J connectivity index is 2.44. The number of esters is 1.